The van der Waals surface area contributed by atoms with Gasteiger partial charge >= 0.3 is 5.69 Å². The third-order valence-corrected chi connectivity index (χ3v) is 4.85. The first-order valence-corrected chi connectivity index (χ1v) is 9.58. The predicted octanol–water partition coefficient (Wildman–Crippen LogP) is 2.90. The SMILES string of the molecule is O=C(Cn1c(=O)n(Cc2ccc(Cl)cc2)c(=O)c2ncccc21)Nc1ccccc1. The van der Waals surface area contributed by atoms with Crippen LogP contribution in [0.2, 0.25) is 5.02 Å². The van der Waals surface area contributed by atoms with E-state index in [-0.39, 0.29) is 24.5 Å². The molecule has 0 aliphatic rings. The second-order valence-electron chi connectivity index (χ2n) is 6.67. The minimum absolute atomic E-state index is 0.0433. The van der Waals surface area contributed by atoms with E-state index in [2.05, 4.69) is 10.3 Å². The number of rotatable bonds is 5. The number of anilines is 1. The molecule has 30 heavy (non-hydrogen) atoms. The molecule has 0 aliphatic heterocycles. The maximum absolute atomic E-state index is 13.2. The van der Waals surface area contributed by atoms with E-state index in [1.54, 1.807) is 60.7 Å². The minimum atomic E-state index is -0.585. The molecule has 2 heterocycles. The van der Waals surface area contributed by atoms with Crippen molar-refractivity contribution in [3.63, 3.8) is 0 Å². The molecule has 0 saturated carbocycles. The molecule has 7 nitrogen and oxygen atoms in total. The monoisotopic (exact) mass is 420 g/mol. The van der Waals surface area contributed by atoms with E-state index in [4.69, 9.17) is 11.6 Å². The number of fused-ring (bicyclic) bond motifs is 1. The maximum Gasteiger partial charge on any atom is 0.332 e. The van der Waals surface area contributed by atoms with Gasteiger partial charge in [-0.3, -0.25) is 18.7 Å². The fraction of sp³-hybridized carbons (Fsp3) is 0.0909. The van der Waals surface area contributed by atoms with Gasteiger partial charge in [-0.05, 0) is 42.0 Å². The Morgan fingerprint density at radius 3 is 2.40 bits per heavy atom. The number of para-hydroxylation sites is 1. The summed E-state index contributed by atoms with van der Waals surface area (Å²) in [6.45, 7) is -0.210. The zero-order valence-corrected chi connectivity index (χ0v) is 16.5. The molecule has 0 fully saturated rings. The van der Waals surface area contributed by atoms with Gasteiger partial charge in [0.25, 0.3) is 5.56 Å². The molecule has 4 rings (SSSR count). The lowest BCUT2D eigenvalue weighted by atomic mass is 10.2. The number of benzene rings is 2. The zero-order valence-electron chi connectivity index (χ0n) is 15.8. The van der Waals surface area contributed by atoms with E-state index in [0.29, 0.717) is 16.2 Å². The Morgan fingerprint density at radius 2 is 1.67 bits per heavy atom. The first kappa shape index (κ1) is 19.6. The molecule has 4 aromatic rings. The van der Waals surface area contributed by atoms with Crippen molar-refractivity contribution in [2.75, 3.05) is 5.32 Å². The third-order valence-electron chi connectivity index (χ3n) is 4.60. The van der Waals surface area contributed by atoms with Gasteiger partial charge in [-0.1, -0.05) is 41.9 Å². The molecule has 0 aliphatic carbocycles. The van der Waals surface area contributed by atoms with Crippen LogP contribution in [0.3, 0.4) is 0 Å². The summed E-state index contributed by atoms with van der Waals surface area (Å²) in [6.07, 6.45) is 1.48. The normalized spacial score (nSPS) is 10.8. The Bertz CT molecular complexity index is 1330. The fourth-order valence-corrected chi connectivity index (χ4v) is 3.30. The highest BCUT2D eigenvalue weighted by Gasteiger charge is 2.16. The quantitative estimate of drug-likeness (QED) is 0.538. The van der Waals surface area contributed by atoms with Gasteiger partial charge in [0.2, 0.25) is 5.91 Å². The maximum atomic E-state index is 13.2. The third kappa shape index (κ3) is 4.01. The number of halogens is 1. The molecule has 0 radical (unpaired) electrons. The average molecular weight is 421 g/mol. The summed E-state index contributed by atoms with van der Waals surface area (Å²) < 4.78 is 2.34. The van der Waals surface area contributed by atoms with Crippen LogP contribution in [0.15, 0.2) is 82.5 Å². The molecule has 8 heteroatoms. The van der Waals surface area contributed by atoms with Gasteiger partial charge in [-0.25, -0.2) is 9.78 Å². The van der Waals surface area contributed by atoms with Crippen LogP contribution in [0.5, 0.6) is 0 Å². The average Bonchev–Trinajstić information content (AvgIpc) is 2.76. The molecule has 150 valence electrons. The van der Waals surface area contributed by atoms with Crippen LogP contribution < -0.4 is 16.6 Å². The van der Waals surface area contributed by atoms with Crippen molar-refractivity contribution in [3.8, 4) is 0 Å². The molecule has 0 bridgehead atoms. The lowest BCUT2D eigenvalue weighted by Gasteiger charge is -2.14. The van der Waals surface area contributed by atoms with Crippen molar-refractivity contribution in [1.82, 2.24) is 14.1 Å². The van der Waals surface area contributed by atoms with Crippen LogP contribution in [0, 0.1) is 0 Å². The van der Waals surface area contributed by atoms with Crippen molar-refractivity contribution in [2.45, 2.75) is 13.1 Å². The molecular formula is C22H17ClN4O3. The number of hydrogen-bond acceptors (Lipinski definition) is 4. The molecule has 0 saturated heterocycles. The number of carbonyl (C=O) groups excluding carboxylic acids is 1. The highest BCUT2D eigenvalue weighted by Crippen LogP contribution is 2.11. The number of nitrogens with zero attached hydrogens (tertiary/aromatic N) is 3. The number of amides is 1. The molecule has 2 aromatic heterocycles. The van der Waals surface area contributed by atoms with E-state index in [1.807, 2.05) is 6.07 Å². The lowest BCUT2D eigenvalue weighted by Crippen LogP contribution is -2.42. The topological polar surface area (TPSA) is 86.0 Å². The Kier molecular flexibility index (Phi) is 5.45. The van der Waals surface area contributed by atoms with Crippen LogP contribution in [0.25, 0.3) is 11.0 Å². The van der Waals surface area contributed by atoms with Gasteiger partial charge < -0.3 is 5.32 Å². The Labute approximate surface area is 176 Å². The molecule has 1 N–H and O–H groups in total. The Balaban J connectivity index is 1.76. The highest BCUT2D eigenvalue weighted by molar-refractivity contribution is 6.30. The number of carbonyl (C=O) groups is 1. The van der Waals surface area contributed by atoms with Gasteiger partial charge in [0.05, 0.1) is 12.1 Å². The van der Waals surface area contributed by atoms with Crippen LogP contribution >= 0.6 is 11.6 Å². The summed E-state index contributed by atoms with van der Waals surface area (Å²) in [5.74, 6) is -0.384. The molecule has 0 atom stereocenters. The Morgan fingerprint density at radius 1 is 0.933 bits per heavy atom. The number of nitrogens with one attached hydrogen (secondary N) is 1. The van der Waals surface area contributed by atoms with E-state index in [0.717, 1.165) is 10.1 Å². The van der Waals surface area contributed by atoms with E-state index >= 15 is 0 Å². The van der Waals surface area contributed by atoms with Crippen LogP contribution in [0.4, 0.5) is 5.69 Å². The smallest absolute Gasteiger partial charge is 0.325 e. The van der Waals surface area contributed by atoms with Gasteiger partial charge in [0, 0.05) is 16.9 Å². The molecule has 0 spiro atoms. The van der Waals surface area contributed by atoms with Gasteiger partial charge in [0.15, 0.2) is 5.52 Å². The summed E-state index contributed by atoms with van der Waals surface area (Å²) in [6, 6.07) is 19.0. The van der Waals surface area contributed by atoms with Crippen molar-refractivity contribution in [3.05, 3.63) is 104 Å². The molecule has 2 aromatic carbocycles. The fourth-order valence-electron chi connectivity index (χ4n) is 3.17. The van der Waals surface area contributed by atoms with Crippen molar-refractivity contribution in [2.24, 2.45) is 0 Å². The number of hydrogen-bond donors (Lipinski definition) is 1. The van der Waals surface area contributed by atoms with Crippen LogP contribution in [0.1, 0.15) is 5.56 Å². The van der Waals surface area contributed by atoms with Crippen molar-refractivity contribution >= 4 is 34.2 Å². The van der Waals surface area contributed by atoms with Crippen molar-refractivity contribution < 1.29 is 4.79 Å². The first-order chi connectivity index (χ1) is 14.5. The summed E-state index contributed by atoms with van der Waals surface area (Å²) in [5, 5.41) is 3.31. The second-order valence-corrected chi connectivity index (χ2v) is 7.11. The van der Waals surface area contributed by atoms with Crippen LogP contribution in [-0.2, 0) is 17.9 Å². The highest BCUT2D eigenvalue weighted by atomic mass is 35.5. The van der Waals surface area contributed by atoms with Crippen molar-refractivity contribution in [1.29, 1.82) is 0 Å². The van der Waals surface area contributed by atoms with Gasteiger partial charge in [-0.15, -0.1) is 0 Å². The lowest BCUT2D eigenvalue weighted by molar-refractivity contribution is -0.116. The standard InChI is InChI=1S/C22H17ClN4O3/c23-16-10-8-15(9-11-16)13-27-21(29)20-18(7-4-12-24-20)26(22(27)30)14-19(28)25-17-5-2-1-3-6-17/h1-12H,13-14H2,(H,25,28). The number of pyridine rings is 1. The number of aromatic nitrogens is 3. The molecule has 1 amide bonds. The van der Waals surface area contributed by atoms with E-state index in [9.17, 15) is 14.4 Å². The second kappa shape index (κ2) is 8.34. The zero-order chi connectivity index (χ0) is 21.1. The predicted molar refractivity (Wildman–Crippen MR) is 116 cm³/mol. The first-order valence-electron chi connectivity index (χ1n) is 9.20. The largest absolute Gasteiger partial charge is 0.332 e. The summed E-state index contributed by atoms with van der Waals surface area (Å²) in [5.41, 5.74) is 0.687. The van der Waals surface area contributed by atoms with Gasteiger partial charge in [0.1, 0.15) is 6.54 Å². The summed E-state index contributed by atoms with van der Waals surface area (Å²) in [7, 11) is 0. The van der Waals surface area contributed by atoms with Crippen LogP contribution in [-0.4, -0.2) is 20.0 Å². The molecule has 0 unspecified atom stereocenters. The summed E-state index contributed by atoms with van der Waals surface area (Å²) in [4.78, 5) is 42.8. The van der Waals surface area contributed by atoms with Gasteiger partial charge in [-0.2, -0.15) is 0 Å². The summed E-state index contributed by atoms with van der Waals surface area (Å²) >= 11 is 5.92. The van der Waals surface area contributed by atoms with E-state index in [1.165, 1.54) is 10.8 Å². The Hall–Kier alpha value is -3.71. The molecular weight excluding hydrogens is 404 g/mol. The minimum Gasteiger partial charge on any atom is -0.325 e. The van der Waals surface area contributed by atoms with E-state index < -0.39 is 11.2 Å².